The van der Waals surface area contributed by atoms with Gasteiger partial charge in [0.15, 0.2) is 0 Å². The molecule has 0 saturated heterocycles. The molecular formula is C21H22N4O6. The molecule has 0 aliphatic carbocycles. The number of furan rings is 2. The van der Waals surface area contributed by atoms with Crippen LogP contribution in [0.2, 0.25) is 0 Å². The van der Waals surface area contributed by atoms with Crippen LogP contribution < -0.4 is 5.43 Å². The van der Waals surface area contributed by atoms with Crippen molar-refractivity contribution in [1.29, 1.82) is 0 Å². The van der Waals surface area contributed by atoms with E-state index in [2.05, 4.69) is 10.5 Å². The number of nitro groups is 2. The van der Waals surface area contributed by atoms with E-state index in [1.54, 1.807) is 6.92 Å². The zero-order valence-electron chi connectivity index (χ0n) is 17.3. The van der Waals surface area contributed by atoms with E-state index in [4.69, 9.17) is 8.83 Å². The van der Waals surface area contributed by atoms with Crippen LogP contribution >= 0.6 is 0 Å². The van der Waals surface area contributed by atoms with E-state index in [-0.39, 0.29) is 17.3 Å². The van der Waals surface area contributed by atoms with E-state index in [0.717, 1.165) is 29.1 Å². The molecule has 0 fully saturated rings. The number of hydrogen-bond acceptors (Lipinski definition) is 8. The maximum atomic E-state index is 11.2. The predicted octanol–water partition coefficient (Wildman–Crippen LogP) is 5.71. The first-order chi connectivity index (χ1) is 14.7. The lowest BCUT2D eigenvalue weighted by atomic mass is 9.96. The molecule has 0 bridgehead atoms. The van der Waals surface area contributed by atoms with Gasteiger partial charge in [0.05, 0.1) is 21.8 Å². The lowest BCUT2D eigenvalue weighted by molar-refractivity contribution is -0.393. The molecule has 1 aromatic carbocycles. The van der Waals surface area contributed by atoms with Crippen molar-refractivity contribution in [2.45, 2.75) is 39.5 Å². The predicted molar refractivity (Wildman–Crippen MR) is 114 cm³/mol. The van der Waals surface area contributed by atoms with Gasteiger partial charge >= 0.3 is 5.69 Å². The molecule has 0 saturated carbocycles. The van der Waals surface area contributed by atoms with Gasteiger partial charge in [-0.05, 0) is 63.9 Å². The maximum absolute atomic E-state index is 11.2. The van der Waals surface area contributed by atoms with Crippen molar-refractivity contribution in [2.24, 2.45) is 5.10 Å². The molecule has 2 heterocycles. The third kappa shape index (κ3) is 5.35. The lowest BCUT2D eigenvalue weighted by Gasteiger charge is -2.12. The van der Waals surface area contributed by atoms with E-state index in [1.807, 2.05) is 38.1 Å². The van der Waals surface area contributed by atoms with Gasteiger partial charge in [-0.3, -0.25) is 25.7 Å². The molecule has 0 aliphatic rings. The van der Waals surface area contributed by atoms with Crippen LogP contribution in [0.25, 0.3) is 0 Å². The van der Waals surface area contributed by atoms with Crippen molar-refractivity contribution < 1.29 is 18.7 Å². The van der Waals surface area contributed by atoms with Crippen LogP contribution in [-0.2, 0) is 0 Å². The van der Waals surface area contributed by atoms with Gasteiger partial charge in [-0.1, -0.05) is 0 Å². The highest BCUT2D eigenvalue weighted by Crippen LogP contribution is 2.32. The summed E-state index contributed by atoms with van der Waals surface area (Å²) in [6, 6.07) is 11.0. The Balaban J connectivity index is 1.73. The fraction of sp³-hybridized carbons (Fsp3) is 0.286. The second-order valence-electron chi connectivity index (χ2n) is 7.16. The van der Waals surface area contributed by atoms with Crippen LogP contribution in [0.4, 0.5) is 17.1 Å². The van der Waals surface area contributed by atoms with Gasteiger partial charge in [0.25, 0.3) is 5.69 Å². The van der Waals surface area contributed by atoms with Crippen LogP contribution in [0.15, 0.2) is 56.4 Å². The summed E-state index contributed by atoms with van der Waals surface area (Å²) in [5.41, 5.74) is 2.65. The fourth-order valence-electron chi connectivity index (χ4n) is 3.15. The van der Waals surface area contributed by atoms with E-state index in [9.17, 15) is 20.2 Å². The van der Waals surface area contributed by atoms with E-state index in [1.165, 1.54) is 12.1 Å². The van der Waals surface area contributed by atoms with E-state index >= 15 is 0 Å². The summed E-state index contributed by atoms with van der Waals surface area (Å²) in [6.07, 6.45) is 1.22. The number of nitro benzene ring substituents is 2. The molecule has 3 rings (SSSR count). The molecule has 2 aromatic heterocycles. The highest BCUT2D eigenvalue weighted by Gasteiger charge is 2.22. The number of aryl methyl sites for hydroxylation is 2. The fourth-order valence-corrected chi connectivity index (χ4v) is 3.15. The smallest absolute Gasteiger partial charge is 0.301 e. The number of nitrogens with one attached hydrogen (secondary N) is 1. The van der Waals surface area contributed by atoms with Crippen LogP contribution in [0.1, 0.15) is 48.7 Å². The van der Waals surface area contributed by atoms with Gasteiger partial charge < -0.3 is 8.83 Å². The minimum atomic E-state index is -0.686. The molecule has 0 spiro atoms. The monoisotopic (exact) mass is 426 g/mol. The summed E-state index contributed by atoms with van der Waals surface area (Å²) in [7, 11) is 0. The highest BCUT2D eigenvalue weighted by atomic mass is 16.6. The summed E-state index contributed by atoms with van der Waals surface area (Å²) < 4.78 is 11.6. The summed E-state index contributed by atoms with van der Waals surface area (Å²) >= 11 is 0. The Bertz CT molecular complexity index is 1090. The average Bonchev–Trinajstić information content (AvgIpc) is 3.34. The van der Waals surface area contributed by atoms with E-state index in [0.29, 0.717) is 18.6 Å². The third-order valence-corrected chi connectivity index (χ3v) is 4.76. The number of benzene rings is 1. The third-order valence-electron chi connectivity index (χ3n) is 4.76. The molecule has 10 nitrogen and oxygen atoms in total. The largest absolute Gasteiger partial charge is 0.466 e. The lowest BCUT2D eigenvalue weighted by Crippen LogP contribution is -2.05. The molecule has 10 heteroatoms. The molecule has 31 heavy (non-hydrogen) atoms. The normalized spacial score (nSPS) is 11.7. The zero-order chi connectivity index (χ0) is 22.5. The molecule has 3 aromatic rings. The maximum Gasteiger partial charge on any atom is 0.301 e. The second kappa shape index (κ2) is 9.24. The topological polar surface area (TPSA) is 137 Å². The quantitative estimate of drug-likeness (QED) is 0.263. The van der Waals surface area contributed by atoms with Crippen LogP contribution in [0, 0.1) is 34.1 Å². The second-order valence-corrected chi connectivity index (χ2v) is 7.16. The molecule has 162 valence electrons. The van der Waals surface area contributed by atoms with E-state index < -0.39 is 15.5 Å². The SMILES string of the molecule is C/C(CCC(c1ccc(C)o1)c1ccc(C)o1)=N\Nc1ccc([N+](=O)[O-])cc1[N+](=O)[O-]. The number of hydrazone groups is 1. The van der Waals surface area contributed by atoms with Crippen molar-refractivity contribution in [3.8, 4) is 0 Å². The molecule has 0 amide bonds. The number of hydrogen-bond donors (Lipinski definition) is 1. The Hall–Kier alpha value is -3.95. The van der Waals surface area contributed by atoms with Crippen molar-refractivity contribution in [3.63, 3.8) is 0 Å². The Morgan fingerprint density at radius 2 is 1.61 bits per heavy atom. The summed E-state index contributed by atoms with van der Waals surface area (Å²) in [5.74, 6) is 3.10. The average molecular weight is 426 g/mol. The number of non-ortho nitro benzene ring substituents is 1. The standard InChI is InChI=1S/C21H22N4O6/c1-13(22-23-18-9-7-16(24(26)27)12-19(18)25(28)29)4-8-17(20-10-5-14(2)30-20)21-11-6-15(3)31-21/h5-7,9-12,17,23H,4,8H2,1-3H3/b22-13+. The first-order valence-electron chi connectivity index (χ1n) is 9.59. The minimum absolute atomic E-state index is 0.0785. The molecular weight excluding hydrogens is 404 g/mol. The Kier molecular flexibility index (Phi) is 6.49. The van der Waals surface area contributed by atoms with Crippen LogP contribution in [0.3, 0.4) is 0 Å². The molecule has 0 aliphatic heterocycles. The van der Waals surface area contributed by atoms with Gasteiger partial charge in [0.1, 0.15) is 28.7 Å². The molecule has 0 radical (unpaired) electrons. The molecule has 1 N–H and O–H groups in total. The van der Waals surface area contributed by atoms with Gasteiger partial charge in [-0.15, -0.1) is 0 Å². The van der Waals surface area contributed by atoms with Crippen molar-refractivity contribution in [3.05, 3.63) is 85.7 Å². The van der Waals surface area contributed by atoms with Crippen molar-refractivity contribution in [2.75, 3.05) is 5.43 Å². The Morgan fingerprint density at radius 3 is 2.10 bits per heavy atom. The van der Waals surface area contributed by atoms with Gasteiger partial charge in [0.2, 0.25) is 0 Å². The molecule has 0 unspecified atom stereocenters. The highest BCUT2D eigenvalue weighted by molar-refractivity contribution is 5.83. The number of rotatable bonds is 9. The van der Waals surface area contributed by atoms with Crippen LogP contribution in [-0.4, -0.2) is 15.6 Å². The number of anilines is 1. The van der Waals surface area contributed by atoms with Gasteiger partial charge in [-0.25, -0.2) is 0 Å². The van der Waals surface area contributed by atoms with Gasteiger partial charge in [-0.2, -0.15) is 5.10 Å². The van der Waals surface area contributed by atoms with Crippen LogP contribution in [0.5, 0.6) is 0 Å². The van der Waals surface area contributed by atoms with Crippen molar-refractivity contribution >= 4 is 22.8 Å². The first kappa shape index (κ1) is 21.8. The number of nitrogens with zero attached hydrogens (tertiary/aromatic N) is 3. The first-order valence-corrected chi connectivity index (χ1v) is 9.59. The molecule has 0 atom stereocenters. The summed E-state index contributed by atoms with van der Waals surface area (Å²) in [4.78, 5) is 20.7. The minimum Gasteiger partial charge on any atom is -0.466 e. The van der Waals surface area contributed by atoms with Crippen molar-refractivity contribution in [1.82, 2.24) is 0 Å². The Morgan fingerprint density at radius 1 is 1.00 bits per heavy atom. The summed E-state index contributed by atoms with van der Waals surface area (Å²) in [5, 5.41) is 26.3. The van der Waals surface area contributed by atoms with Gasteiger partial charge in [0, 0.05) is 11.8 Å². The summed E-state index contributed by atoms with van der Waals surface area (Å²) in [6.45, 7) is 5.55. The Labute approximate surface area is 177 Å². The zero-order valence-corrected chi connectivity index (χ0v) is 17.3.